The summed E-state index contributed by atoms with van der Waals surface area (Å²) in [6.45, 7) is 4.04. The molecule has 0 saturated carbocycles. The Hall–Kier alpha value is -0.390. The largest absolute Gasteiger partial charge is 0.241 e. The molecule has 1 unspecified atom stereocenters. The average molecular weight is 320 g/mol. The van der Waals surface area contributed by atoms with E-state index in [0.29, 0.717) is 9.37 Å². The zero-order valence-electron chi connectivity index (χ0n) is 10.1. The summed E-state index contributed by atoms with van der Waals surface area (Å²) < 4.78 is 27.7. The molecular formula is C12H18BrNO2S. The fourth-order valence-electron chi connectivity index (χ4n) is 1.64. The monoisotopic (exact) mass is 319 g/mol. The van der Waals surface area contributed by atoms with Crippen molar-refractivity contribution in [3.05, 3.63) is 28.7 Å². The van der Waals surface area contributed by atoms with E-state index in [1.807, 2.05) is 6.92 Å². The predicted octanol–water partition coefficient (Wildman–Crippen LogP) is 3.31. The van der Waals surface area contributed by atoms with Crippen LogP contribution in [-0.4, -0.2) is 14.5 Å². The van der Waals surface area contributed by atoms with Crippen LogP contribution in [0.15, 0.2) is 33.6 Å². The molecular weight excluding hydrogens is 302 g/mol. The summed E-state index contributed by atoms with van der Waals surface area (Å²) in [6, 6.07) is 6.87. The van der Waals surface area contributed by atoms with Gasteiger partial charge in [0.05, 0.1) is 4.90 Å². The van der Waals surface area contributed by atoms with Gasteiger partial charge >= 0.3 is 0 Å². The summed E-state index contributed by atoms with van der Waals surface area (Å²) in [5.41, 5.74) is 0. The Bertz CT molecular complexity index is 459. The van der Waals surface area contributed by atoms with Gasteiger partial charge in [-0.25, -0.2) is 13.1 Å². The number of sulfonamides is 1. The average Bonchev–Trinajstić information content (AvgIpc) is 2.28. The van der Waals surface area contributed by atoms with Gasteiger partial charge in [0.15, 0.2) is 0 Å². The van der Waals surface area contributed by atoms with Gasteiger partial charge in [-0.2, -0.15) is 0 Å². The fraction of sp³-hybridized carbons (Fsp3) is 0.500. The number of rotatable bonds is 6. The molecule has 0 saturated heterocycles. The van der Waals surface area contributed by atoms with Crippen LogP contribution < -0.4 is 4.72 Å². The lowest BCUT2D eigenvalue weighted by molar-refractivity contribution is 0.512. The van der Waals surface area contributed by atoms with Crippen LogP contribution in [0.4, 0.5) is 0 Å². The standard InChI is InChI=1S/C12H18BrNO2S/c1-3-7-10(4-2)14-17(15,16)12-9-6-5-8-11(12)13/h5-6,8-10,14H,3-4,7H2,1-2H3. The minimum atomic E-state index is -3.42. The first kappa shape index (κ1) is 14.7. The first-order valence-electron chi connectivity index (χ1n) is 5.78. The summed E-state index contributed by atoms with van der Waals surface area (Å²) >= 11 is 3.26. The van der Waals surface area contributed by atoms with Gasteiger partial charge in [-0.15, -0.1) is 0 Å². The molecule has 0 spiro atoms. The van der Waals surface area contributed by atoms with Gasteiger partial charge in [-0.1, -0.05) is 32.4 Å². The van der Waals surface area contributed by atoms with Crippen molar-refractivity contribution in [2.24, 2.45) is 0 Å². The van der Waals surface area contributed by atoms with Crippen molar-refractivity contribution < 1.29 is 8.42 Å². The van der Waals surface area contributed by atoms with Crippen LogP contribution in [0.5, 0.6) is 0 Å². The Morgan fingerprint density at radius 1 is 1.29 bits per heavy atom. The number of halogens is 1. The van der Waals surface area contributed by atoms with Gasteiger partial charge in [0.25, 0.3) is 0 Å². The van der Waals surface area contributed by atoms with Crippen molar-refractivity contribution in [1.29, 1.82) is 0 Å². The lowest BCUT2D eigenvalue weighted by atomic mass is 10.1. The van der Waals surface area contributed by atoms with Gasteiger partial charge in [0, 0.05) is 10.5 Å². The second kappa shape index (κ2) is 6.52. The molecule has 0 aromatic heterocycles. The van der Waals surface area contributed by atoms with Gasteiger partial charge in [-0.3, -0.25) is 0 Å². The van der Waals surface area contributed by atoms with Crippen molar-refractivity contribution in [3.8, 4) is 0 Å². The molecule has 1 N–H and O–H groups in total. The molecule has 0 aliphatic heterocycles. The van der Waals surface area contributed by atoms with Crippen molar-refractivity contribution in [3.63, 3.8) is 0 Å². The van der Waals surface area contributed by atoms with E-state index in [4.69, 9.17) is 0 Å². The van der Waals surface area contributed by atoms with Gasteiger partial charge < -0.3 is 0 Å². The summed E-state index contributed by atoms with van der Waals surface area (Å²) in [6.07, 6.45) is 2.63. The van der Waals surface area contributed by atoms with E-state index in [0.717, 1.165) is 19.3 Å². The van der Waals surface area contributed by atoms with Crippen molar-refractivity contribution in [1.82, 2.24) is 4.72 Å². The van der Waals surface area contributed by atoms with Crippen LogP contribution in [0, 0.1) is 0 Å². The minimum Gasteiger partial charge on any atom is -0.208 e. The number of nitrogens with one attached hydrogen (secondary N) is 1. The van der Waals surface area contributed by atoms with Crippen LogP contribution in [0.2, 0.25) is 0 Å². The maximum Gasteiger partial charge on any atom is 0.241 e. The number of hydrogen-bond donors (Lipinski definition) is 1. The first-order chi connectivity index (χ1) is 8.01. The molecule has 0 radical (unpaired) electrons. The zero-order valence-corrected chi connectivity index (χ0v) is 12.5. The first-order valence-corrected chi connectivity index (χ1v) is 8.05. The van der Waals surface area contributed by atoms with E-state index in [9.17, 15) is 8.42 Å². The van der Waals surface area contributed by atoms with Crippen molar-refractivity contribution in [2.45, 2.75) is 44.0 Å². The molecule has 96 valence electrons. The normalized spacial score (nSPS) is 13.6. The molecule has 1 aromatic rings. The summed E-state index contributed by atoms with van der Waals surface area (Å²) in [4.78, 5) is 0.301. The van der Waals surface area contributed by atoms with Crippen LogP contribution in [0.3, 0.4) is 0 Å². The van der Waals surface area contributed by atoms with E-state index >= 15 is 0 Å². The highest BCUT2D eigenvalue weighted by Crippen LogP contribution is 2.21. The quantitative estimate of drug-likeness (QED) is 0.874. The predicted molar refractivity (Wildman–Crippen MR) is 73.5 cm³/mol. The Kier molecular flexibility index (Phi) is 5.62. The molecule has 0 bridgehead atoms. The highest BCUT2D eigenvalue weighted by molar-refractivity contribution is 9.10. The second-order valence-electron chi connectivity index (χ2n) is 3.95. The van der Waals surface area contributed by atoms with Gasteiger partial charge in [0.1, 0.15) is 0 Å². The molecule has 3 nitrogen and oxygen atoms in total. The molecule has 0 aliphatic rings. The smallest absolute Gasteiger partial charge is 0.208 e. The fourth-order valence-corrected chi connectivity index (χ4v) is 4.00. The van der Waals surface area contributed by atoms with Crippen LogP contribution in [0.25, 0.3) is 0 Å². The maximum atomic E-state index is 12.2. The van der Waals surface area contributed by atoms with Crippen molar-refractivity contribution >= 4 is 26.0 Å². The molecule has 1 aromatic carbocycles. The molecule has 17 heavy (non-hydrogen) atoms. The summed E-state index contributed by atoms with van der Waals surface area (Å²) in [7, 11) is -3.42. The highest BCUT2D eigenvalue weighted by Gasteiger charge is 2.20. The van der Waals surface area contributed by atoms with Crippen LogP contribution in [-0.2, 0) is 10.0 Å². The third-order valence-electron chi connectivity index (χ3n) is 2.58. The van der Waals surface area contributed by atoms with E-state index in [2.05, 4.69) is 27.6 Å². The molecule has 0 aliphatic carbocycles. The van der Waals surface area contributed by atoms with E-state index in [1.54, 1.807) is 24.3 Å². The SMILES string of the molecule is CCCC(CC)NS(=O)(=O)c1ccccc1Br. The second-order valence-corrected chi connectivity index (χ2v) is 6.48. The number of benzene rings is 1. The van der Waals surface area contributed by atoms with E-state index in [-0.39, 0.29) is 6.04 Å². The van der Waals surface area contributed by atoms with E-state index in [1.165, 1.54) is 0 Å². The Morgan fingerprint density at radius 2 is 1.94 bits per heavy atom. The molecule has 5 heteroatoms. The summed E-state index contributed by atoms with van der Waals surface area (Å²) in [5, 5.41) is 0. The van der Waals surface area contributed by atoms with Crippen LogP contribution >= 0.6 is 15.9 Å². The third kappa shape index (κ3) is 4.08. The maximum absolute atomic E-state index is 12.2. The minimum absolute atomic E-state index is 0.0112. The molecule has 0 fully saturated rings. The van der Waals surface area contributed by atoms with Gasteiger partial charge in [0.2, 0.25) is 10.0 Å². The lowest BCUT2D eigenvalue weighted by Gasteiger charge is -2.16. The Balaban J connectivity index is 2.92. The molecule has 1 atom stereocenters. The third-order valence-corrected chi connectivity index (χ3v) is 5.11. The van der Waals surface area contributed by atoms with E-state index < -0.39 is 10.0 Å². The lowest BCUT2D eigenvalue weighted by Crippen LogP contribution is -2.34. The number of hydrogen-bond acceptors (Lipinski definition) is 2. The molecule has 0 amide bonds. The van der Waals surface area contributed by atoms with Crippen LogP contribution in [0.1, 0.15) is 33.1 Å². The van der Waals surface area contributed by atoms with Crippen molar-refractivity contribution in [2.75, 3.05) is 0 Å². The Labute approximate surface area is 112 Å². The molecule has 1 rings (SSSR count). The molecule has 0 heterocycles. The van der Waals surface area contributed by atoms with Gasteiger partial charge in [-0.05, 0) is 40.9 Å². The highest BCUT2D eigenvalue weighted by atomic mass is 79.9. The summed E-state index contributed by atoms with van der Waals surface area (Å²) in [5.74, 6) is 0. The topological polar surface area (TPSA) is 46.2 Å². The Morgan fingerprint density at radius 3 is 2.47 bits per heavy atom. The zero-order chi connectivity index (χ0) is 12.9.